The second kappa shape index (κ2) is 8.92. The van der Waals surface area contributed by atoms with Gasteiger partial charge in [0.15, 0.2) is 9.84 Å². The van der Waals surface area contributed by atoms with E-state index in [0.29, 0.717) is 17.9 Å². The third kappa shape index (κ3) is 4.07. The number of hydrogen-bond donors (Lipinski definition) is 0. The van der Waals surface area contributed by atoms with E-state index in [2.05, 4.69) is 66.4 Å². The van der Waals surface area contributed by atoms with E-state index in [1.165, 1.54) is 16.7 Å². The van der Waals surface area contributed by atoms with Crippen molar-refractivity contribution in [1.82, 2.24) is 4.90 Å². The fraction of sp³-hybridized carbons (Fsp3) is 0.310. The second-order valence-corrected chi connectivity index (χ2v) is 11.9. The standard InChI is InChI=1S/C29H31NO2S/c1-23-17-18-29(33(31,32)26-15-9-4-10-16-26)22-30(21-25-13-7-3-8-14-25)28(27(29)19-23)20-24-11-5-2-6-12-24/h2-16,19,27-28H,17-18,20-22H2,1H3/t27-,28-,29-/m0/s1. The van der Waals surface area contributed by atoms with Crippen LogP contribution in [0.3, 0.4) is 0 Å². The minimum atomic E-state index is -3.52. The highest BCUT2D eigenvalue weighted by Crippen LogP contribution is 2.50. The van der Waals surface area contributed by atoms with E-state index in [9.17, 15) is 8.42 Å². The lowest BCUT2D eigenvalue weighted by molar-refractivity contribution is 0.228. The van der Waals surface area contributed by atoms with Crippen molar-refractivity contribution in [1.29, 1.82) is 0 Å². The summed E-state index contributed by atoms with van der Waals surface area (Å²) >= 11 is 0. The first-order valence-electron chi connectivity index (χ1n) is 11.8. The van der Waals surface area contributed by atoms with Crippen LogP contribution in [0, 0.1) is 5.92 Å². The molecule has 33 heavy (non-hydrogen) atoms. The quantitative estimate of drug-likeness (QED) is 0.447. The van der Waals surface area contributed by atoms with Gasteiger partial charge in [-0.2, -0.15) is 0 Å². The third-order valence-corrected chi connectivity index (χ3v) is 10.0. The first-order chi connectivity index (χ1) is 16.0. The van der Waals surface area contributed by atoms with Crippen molar-refractivity contribution in [3.8, 4) is 0 Å². The molecule has 2 aliphatic rings. The van der Waals surface area contributed by atoms with Gasteiger partial charge >= 0.3 is 0 Å². The Balaban J connectivity index is 1.61. The molecule has 1 aliphatic carbocycles. The minimum Gasteiger partial charge on any atom is -0.294 e. The van der Waals surface area contributed by atoms with Gasteiger partial charge in [-0.25, -0.2) is 8.42 Å². The zero-order chi connectivity index (χ0) is 22.9. The van der Waals surface area contributed by atoms with Gasteiger partial charge in [-0.3, -0.25) is 4.90 Å². The summed E-state index contributed by atoms with van der Waals surface area (Å²) in [5, 5.41) is 0. The van der Waals surface area contributed by atoms with Gasteiger partial charge in [0, 0.05) is 25.0 Å². The fourth-order valence-corrected chi connectivity index (χ4v) is 8.06. The number of likely N-dealkylation sites (tertiary alicyclic amines) is 1. The number of rotatable bonds is 6. The molecule has 0 N–H and O–H groups in total. The average Bonchev–Trinajstić information content (AvgIpc) is 3.15. The topological polar surface area (TPSA) is 37.4 Å². The highest BCUT2D eigenvalue weighted by atomic mass is 32.2. The summed E-state index contributed by atoms with van der Waals surface area (Å²) in [6.07, 6.45) is 4.63. The summed E-state index contributed by atoms with van der Waals surface area (Å²) in [7, 11) is -3.52. The van der Waals surface area contributed by atoms with Crippen molar-refractivity contribution in [2.75, 3.05) is 6.54 Å². The first-order valence-corrected chi connectivity index (χ1v) is 13.3. The molecule has 0 amide bonds. The molecular weight excluding hydrogens is 426 g/mol. The van der Waals surface area contributed by atoms with E-state index in [1.807, 2.05) is 30.3 Å². The highest BCUT2D eigenvalue weighted by Gasteiger charge is 2.59. The summed E-state index contributed by atoms with van der Waals surface area (Å²) in [5.74, 6) is -0.0413. The molecule has 0 spiro atoms. The van der Waals surface area contributed by atoms with E-state index in [-0.39, 0.29) is 12.0 Å². The summed E-state index contributed by atoms with van der Waals surface area (Å²) in [5.41, 5.74) is 3.78. The summed E-state index contributed by atoms with van der Waals surface area (Å²) < 4.78 is 27.7. The number of benzene rings is 3. The van der Waals surface area contributed by atoms with E-state index >= 15 is 0 Å². The van der Waals surface area contributed by atoms with Gasteiger partial charge in [0.05, 0.1) is 9.64 Å². The van der Waals surface area contributed by atoms with Gasteiger partial charge in [0.2, 0.25) is 0 Å². The molecule has 0 bridgehead atoms. The number of nitrogens with zero attached hydrogens (tertiary/aromatic N) is 1. The lowest BCUT2D eigenvalue weighted by atomic mass is 9.78. The summed E-state index contributed by atoms with van der Waals surface area (Å²) in [4.78, 5) is 2.88. The first kappa shape index (κ1) is 22.1. The molecule has 3 aromatic carbocycles. The van der Waals surface area contributed by atoms with Crippen molar-refractivity contribution in [2.45, 2.75) is 48.4 Å². The molecule has 3 nitrogen and oxygen atoms in total. The van der Waals surface area contributed by atoms with Gasteiger partial charge in [-0.05, 0) is 49.4 Å². The maximum atomic E-state index is 14.2. The van der Waals surface area contributed by atoms with Crippen LogP contribution in [-0.2, 0) is 22.8 Å². The Bertz CT molecular complexity index is 1220. The largest absolute Gasteiger partial charge is 0.294 e. The highest BCUT2D eigenvalue weighted by molar-refractivity contribution is 7.93. The molecule has 0 saturated carbocycles. The van der Waals surface area contributed by atoms with Crippen LogP contribution in [0.5, 0.6) is 0 Å². The number of fused-ring (bicyclic) bond motifs is 1. The Hall–Kier alpha value is -2.69. The number of hydrogen-bond acceptors (Lipinski definition) is 3. The maximum Gasteiger partial charge on any atom is 0.185 e. The smallest absolute Gasteiger partial charge is 0.185 e. The van der Waals surface area contributed by atoms with Gasteiger partial charge in [-0.1, -0.05) is 90.5 Å². The molecule has 0 radical (unpaired) electrons. The van der Waals surface area contributed by atoms with Crippen molar-refractivity contribution in [3.63, 3.8) is 0 Å². The van der Waals surface area contributed by atoms with Crippen LogP contribution < -0.4 is 0 Å². The molecule has 3 aromatic rings. The average molecular weight is 458 g/mol. The van der Waals surface area contributed by atoms with E-state index in [4.69, 9.17) is 0 Å². The van der Waals surface area contributed by atoms with Crippen LogP contribution in [0.4, 0.5) is 0 Å². The molecule has 0 aromatic heterocycles. The van der Waals surface area contributed by atoms with E-state index in [1.54, 1.807) is 12.1 Å². The minimum absolute atomic E-state index is 0.0413. The van der Waals surface area contributed by atoms with Crippen molar-refractivity contribution in [3.05, 3.63) is 114 Å². The molecule has 1 aliphatic heterocycles. The lowest BCUT2D eigenvalue weighted by Crippen LogP contribution is -2.48. The molecule has 1 heterocycles. The van der Waals surface area contributed by atoms with Gasteiger partial charge < -0.3 is 0 Å². The lowest BCUT2D eigenvalue weighted by Gasteiger charge is -2.38. The number of allylic oxidation sites excluding steroid dienone is 1. The predicted octanol–water partition coefficient (Wildman–Crippen LogP) is 5.68. The van der Waals surface area contributed by atoms with Crippen molar-refractivity contribution in [2.24, 2.45) is 5.92 Å². The molecule has 1 saturated heterocycles. The van der Waals surface area contributed by atoms with E-state index in [0.717, 1.165) is 19.4 Å². The maximum absolute atomic E-state index is 14.2. The second-order valence-electron chi connectivity index (χ2n) is 9.57. The van der Waals surface area contributed by atoms with Crippen LogP contribution in [0.25, 0.3) is 0 Å². The van der Waals surface area contributed by atoms with Crippen molar-refractivity contribution < 1.29 is 8.42 Å². The SMILES string of the molecule is CC1=C[C@H]2[C@H](Cc3ccccc3)N(Cc3ccccc3)C[C@@]2(S(=O)(=O)c2ccccc2)CC1. The monoisotopic (exact) mass is 457 g/mol. The Morgan fingerprint density at radius 3 is 2.06 bits per heavy atom. The van der Waals surface area contributed by atoms with Crippen LogP contribution in [-0.4, -0.2) is 30.7 Å². The number of sulfone groups is 1. The third-order valence-electron chi connectivity index (χ3n) is 7.47. The molecule has 1 fully saturated rings. The Kier molecular flexibility index (Phi) is 5.98. The predicted molar refractivity (Wildman–Crippen MR) is 134 cm³/mol. The Labute approximate surface area is 197 Å². The zero-order valence-corrected chi connectivity index (χ0v) is 19.9. The summed E-state index contributed by atoms with van der Waals surface area (Å²) in [6, 6.07) is 30.1. The zero-order valence-electron chi connectivity index (χ0n) is 19.1. The molecular formula is C29H31NO2S. The molecule has 5 rings (SSSR count). The summed E-state index contributed by atoms with van der Waals surface area (Å²) in [6.45, 7) is 3.47. The van der Waals surface area contributed by atoms with Crippen LogP contribution in [0.2, 0.25) is 0 Å². The fourth-order valence-electron chi connectivity index (χ4n) is 5.79. The normalized spacial score (nSPS) is 25.4. The van der Waals surface area contributed by atoms with Gasteiger partial charge in [0.1, 0.15) is 0 Å². The van der Waals surface area contributed by atoms with Crippen molar-refractivity contribution >= 4 is 9.84 Å². The van der Waals surface area contributed by atoms with Gasteiger partial charge in [0.25, 0.3) is 0 Å². The van der Waals surface area contributed by atoms with E-state index < -0.39 is 14.6 Å². The Morgan fingerprint density at radius 2 is 1.42 bits per heavy atom. The molecule has 3 atom stereocenters. The Morgan fingerprint density at radius 1 is 0.848 bits per heavy atom. The molecule has 0 unspecified atom stereocenters. The van der Waals surface area contributed by atoms with Crippen LogP contribution in [0.15, 0.2) is 108 Å². The molecule has 4 heteroatoms. The van der Waals surface area contributed by atoms with Crippen LogP contribution >= 0.6 is 0 Å². The van der Waals surface area contributed by atoms with Gasteiger partial charge in [-0.15, -0.1) is 0 Å². The van der Waals surface area contributed by atoms with Crippen LogP contribution in [0.1, 0.15) is 30.9 Å². The molecule has 170 valence electrons.